The first-order chi connectivity index (χ1) is 5.95. The van der Waals surface area contributed by atoms with E-state index in [0.29, 0.717) is 11.8 Å². The van der Waals surface area contributed by atoms with Gasteiger partial charge in [0.25, 0.3) is 0 Å². The largest absolute Gasteiger partial charge is 0.0776 e. The molecule has 0 unspecified atom stereocenters. The molecule has 13 heavy (non-hydrogen) atoms. The van der Waals surface area contributed by atoms with Crippen LogP contribution in [0.1, 0.15) is 6.42 Å². The molecule has 0 amide bonds. The van der Waals surface area contributed by atoms with Gasteiger partial charge in [-0.25, -0.2) is 0 Å². The molecule has 0 N–H and O–H groups in total. The Morgan fingerprint density at radius 1 is 0.846 bits per heavy atom. The maximum atomic E-state index is 2.37. The van der Waals surface area contributed by atoms with Crippen LogP contribution in [0.3, 0.4) is 0 Å². The van der Waals surface area contributed by atoms with Crippen LogP contribution in [0.5, 0.6) is 0 Å². The summed E-state index contributed by atoms with van der Waals surface area (Å²) >= 11 is 0. The van der Waals surface area contributed by atoms with Crippen molar-refractivity contribution >= 4 is 0 Å². The van der Waals surface area contributed by atoms with E-state index < -0.39 is 0 Å². The number of hydrogen-bond donors (Lipinski definition) is 0. The van der Waals surface area contributed by atoms with Crippen molar-refractivity contribution < 1.29 is 19.5 Å². The smallest absolute Gasteiger partial charge is 0 e. The van der Waals surface area contributed by atoms with Crippen LogP contribution in [0.2, 0.25) is 0 Å². The zero-order valence-corrected chi connectivity index (χ0v) is 9.15. The van der Waals surface area contributed by atoms with Crippen LogP contribution in [0, 0.1) is 18.3 Å². The Morgan fingerprint density at radius 2 is 1.38 bits per heavy atom. The average molecular weight is 258 g/mol. The van der Waals surface area contributed by atoms with Gasteiger partial charge in [-0.3, -0.25) is 0 Å². The predicted octanol–water partition coefficient (Wildman–Crippen LogP) is 3.06. The van der Waals surface area contributed by atoms with E-state index in [9.17, 15) is 0 Å². The van der Waals surface area contributed by atoms with Gasteiger partial charge in [0.2, 0.25) is 0 Å². The molecule has 0 saturated carbocycles. The topological polar surface area (TPSA) is 0 Å². The summed E-state index contributed by atoms with van der Waals surface area (Å²) in [5.74, 6) is 1.22. The van der Waals surface area contributed by atoms with Gasteiger partial charge in [-0.2, -0.15) is 0 Å². The van der Waals surface area contributed by atoms with E-state index in [1.54, 1.807) is 0 Å². The molecule has 0 saturated heterocycles. The summed E-state index contributed by atoms with van der Waals surface area (Å²) in [6, 6.07) is 0. The molecule has 2 rings (SSSR count). The Labute approximate surface area is 92.9 Å². The van der Waals surface area contributed by atoms with Gasteiger partial charge in [0.1, 0.15) is 0 Å². The van der Waals surface area contributed by atoms with Crippen LogP contribution in [0.25, 0.3) is 0 Å². The normalized spacial score (nSPS) is 20.0. The third-order valence-corrected chi connectivity index (χ3v) is 2.29. The van der Waals surface area contributed by atoms with E-state index in [2.05, 4.69) is 55.0 Å². The summed E-state index contributed by atoms with van der Waals surface area (Å²) in [5.41, 5.74) is 0. The SMILES string of the molecule is [CH](CC1C=CC=C1)C1C=CC=C1.[Ru]. The number of allylic oxidation sites excluding steroid dienone is 8. The van der Waals surface area contributed by atoms with Crippen LogP contribution in [0.4, 0.5) is 0 Å². The molecule has 69 valence electrons. The van der Waals surface area contributed by atoms with Gasteiger partial charge in [0.15, 0.2) is 0 Å². The molecule has 0 nitrogen and oxygen atoms in total. The van der Waals surface area contributed by atoms with Gasteiger partial charge in [-0.1, -0.05) is 48.6 Å². The Hall–Kier alpha value is -0.417. The molecule has 0 aliphatic heterocycles. The minimum absolute atomic E-state index is 0. The van der Waals surface area contributed by atoms with Crippen molar-refractivity contribution in [3.8, 4) is 0 Å². The Bertz CT molecular complexity index is 206. The average Bonchev–Trinajstić information content (AvgIpc) is 2.74. The molecule has 0 spiro atoms. The maximum Gasteiger partial charge on any atom is 0 e. The molecule has 2 aliphatic rings. The van der Waals surface area contributed by atoms with E-state index in [1.165, 1.54) is 0 Å². The van der Waals surface area contributed by atoms with Gasteiger partial charge in [0.05, 0.1) is 0 Å². The molecule has 0 heterocycles. The summed E-state index contributed by atoms with van der Waals surface area (Å²) in [5, 5.41) is 0. The van der Waals surface area contributed by atoms with Crippen LogP contribution < -0.4 is 0 Å². The van der Waals surface area contributed by atoms with Crippen molar-refractivity contribution in [3.05, 3.63) is 55.0 Å². The van der Waals surface area contributed by atoms with Crippen LogP contribution in [-0.2, 0) is 19.5 Å². The van der Waals surface area contributed by atoms with Crippen LogP contribution in [0.15, 0.2) is 48.6 Å². The van der Waals surface area contributed by atoms with Crippen molar-refractivity contribution in [2.24, 2.45) is 11.8 Å². The fraction of sp³-hybridized carbons (Fsp3) is 0.250. The zero-order valence-electron chi connectivity index (χ0n) is 7.41. The fourth-order valence-corrected chi connectivity index (χ4v) is 1.56. The fourth-order valence-electron chi connectivity index (χ4n) is 1.56. The van der Waals surface area contributed by atoms with E-state index in [4.69, 9.17) is 0 Å². The Morgan fingerprint density at radius 3 is 2.00 bits per heavy atom. The predicted molar refractivity (Wildman–Crippen MR) is 52.5 cm³/mol. The Balaban J connectivity index is 0.000000845. The van der Waals surface area contributed by atoms with Gasteiger partial charge >= 0.3 is 0 Å². The first kappa shape index (κ1) is 10.7. The molecular weight excluding hydrogens is 245 g/mol. The molecule has 0 aromatic rings. The summed E-state index contributed by atoms with van der Waals surface area (Å²) < 4.78 is 0. The van der Waals surface area contributed by atoms with Gasteiger partial charge in [-0.15, -0.1) is 0 Å². The minimum atomic E-state index is 0. The molecule has 0 bridgehead atoms. The van der Waals surface area contributed by atoms with Gasteiger partial charge < -0.3 is 0 Å². The van der Waals surface area contributed by atoms with Crippen molar-refractivity contribution in [1.82, 2.24) is 0 Å². The second-order valence-corrected chi connectivity index (χ2v) is 3.25. The zero-order chi connectivity index (χ0) is 8.23. The van der Waals surface area contributed by atoms with Crippen LogP contribution >= 0.6 is 0 Å². The van der Waals surface area contributed by atoms with E-state index in [1.807, 2.05) is 0 Å². The third-order valence-electron chi connectivity index (χ3n) is 2.29. The van der Waals surface area contributed by atoms with Gasteiger partial charge in [-0.05, 0) is 24.7 Å². The van der Waals surface area contributed by atoms with Crippen molar-refractivity contribution in [3.63, 3.8) is 0 Å². The summed E-state index contributed by atoms with van der Waals surface area (Å²) in [6.07, 6.45) is 20.9. The quantitative estimate of drug-likeness (QED) is 0.682. The van der Waals surface area contributed by atoms with E-state index >= 15 is 0 Å². The molecule has 0 fully saturated rings. The molecule has 1 radical (unpaired) electrons. The standard InChI is InChI=1S/C12H13.Ru/c1-2-6-11(5-1)9-10-12-7-3-4-8-12;/h1-9,11-12H,10H2;. The number of rotatable bonds is 3. The first-order valence-electron chi connectivity index (χ1n) is 4.48. The maximum absolute atomic E-state index is 2.37. The van der Waals surface area contributed by atoms with Gasteiger partial charge in [0, 0.05) is 19.5 Å². The molecule has 0 atom stereocenters. The Kier molecular flexibility index (Phi) is 4.38. The second kappa shape index (κ2) is 5.34. The first-order valence-corrected chi connectivity index (χ1v) is 4.48. The molecule has 1 heteroatoms. The van der Waals surface area contributed by atoms with Crippen molar-refractivity contribution in [2.75, 3.05) is 0 Å². The summed E-state index contributed by atoms with van der Waals surface area (Å²) in [6.45, 7) is 0. The van der Waals surface area contributed by atoms with Crippen molar-refractivity contribution in [1.29, 1.82) is 0 Å². The van der Waals surface area contributed by atoms with Crippen LogP contribution in [-0.4, -0.2) is 0 Å². The molecule has 0 aromatic heterocycles. The molecule has 2 aliphatic carbocycles. The van der Waals surface area contributed by atoms with E-state index in [-0.39, 0.29) is 19.5 Å². The summed E-state index contributed by atoms with van der Waals surface area (Å²) in [4.78, 5) is 0. The van der Waals surface area contributed by atoms with Crippen molar-refractivity contribution in [2.45, 2.75) is 6.42 Å². The minimum Gasteiger partial charge on any atom is -0.0776 e. The molecule has 0 aromatic carbocycles. The second-order valence-electron chi connectivity index (χ2n) is 3.25. The number of hydrogen-bond acceptors (Lipinski definition) is 0. The molecular formula is C12H13Ru. The summed E-state index contributed by atoms with van der Waals surface area (Å²) in [7, 11) is 0. The third kappa shape index (κ3) is 3.08. The monoisotopic (exact) mass is 259 g/mol. The van der Waals surface area contributed by atoms with E-state index in [0.717, 1.165) is 6.42 Å².